The highest BCUT2D eigenvalue weighted by Crippen LogP contribution is 2.51. The summed E-state index contributed by atoms with van der Waals surface area (Å²) < 4.78 is 1.83. The number of rotatable bonds is 4. The van der Waals surface area contributed by atoms with Crippen LogP contribution in [-0.2, 0) is 10.2 Å². The summed E-state index contributed by atoms with van der Waals surface area (Å²) in [6, 6.07) is 6.26. The second kappa shape index (κ2) is 3.75. The monoisotopic (exact) mass is 272 g/mol. The molecule has 0 bridgehead atoms. The van der Waals surface area contributed by atoms with Gasteiger partial charge < -0.3 is 10.1 Å². The minimum absolute atomic E-state index is 0.0530. The number of H-pyrrole nitrogens is 1. The molecule has 1 heterocycles. The Balaban J connectivity index is 1.80. The number of aliphatic carboxylic acids is 1. The third kappa shape index (κ3) is 1.69. The van der Waals surface area contributed by atoms with Crippen LogP contribution in [0.15, 0.2) is 23.0 Å². The van der Waals surface area contributed by atoms with E-state index in [1.165, 1.54) is 0 Å². The summed E-state index contributed by atoms with van der Waals surface area (Å²) in [5, 5.41) is 9.03. The molecule has 104 valence electrons. The third-order valence-electron chi connectivity index (χ3n) is 4.58. The average molecular weight is 272 g/mol. The molecule has 2 aliphatic carbocycles. The number of aromatic amines is 1. The lowest BCUT2D eigenvalue weighted by molar-refractivity contribution is -0.137. The molecule has 0 spiro atoms. The van der Waals surface area contributed by atoms with E-state index in [9.17, 15) is 9.59 Å². The van der Waals surface area contributed by atoms with E-state index in [4.69, 9.17) is 5.11 Å². The Morgan fingerprint density at radius 2 is 2.15 bits per heavy atom. The summed E-state index contributed by atoms with van der Waals surface area (Å²) >= 11 is 0. The summed E-state index contributed by atoms with van der Waals surface area (Å²) in [5.74, 6) is -0.758. The number of hydrogen-bond acceptors (Lipinski definition) is 2. The van der Waals surface area contributed by atoms with Gasteiger partial charge in [0.25, 0.3) is 0 Å². The van der Waals surface area contributed by atoms with Crippen molar-refractivity contribution in [3.8, 4) is 0 Å². The molecule has 2 aromatic rings. The molecule has 2 saturated carbocycles. The molecule has 4 rings (SSSR count). The van der Waals surface area contributed by atoms with Gasteiger partial charge in [-0.15, -0.1) is 0 Å². The van der Waals surface area contributed by atoms with Gasteiger partial charge in [-0.1, -0.05) is 6.07 Å². The van der Waals surface area contributed by atoms with Crippen LogP contribution in [0.3, 0.4) is 0 Å². The van der Waals surface area contributed by atoms with Crippen LogP contribution in [0.5, 0.6) is 0 Å². The van der Waals surface area contributed by atoms with E-state index in [0.717, 1.165) is 42.3 Å². The third-order valence-corrected chi connectivity index (χ3v) is 4.58. The molecule has 2 aliphatic rings. The number of nitrogens with one attached hydrogen (secondary N) is 1. The molecule has 2 N–H and O–H groups in total. The van der Waals surface area contributed by atoms with Crippen molar-refractivity contribution in [2.45, 2.75) is 43.6 Å². The molecular formula is C15H16N2O3. The number of benzene rings is 1. The predicted molar refractivity (Wildman–Crippen MR) is 74.0 cm³/mol. The smallest absolute Gasteiger partial charge is 0.326 e. The van der Waals surface area contributed by atoms with Crippen molar-refractivity contribution in [1.29, 1.82) is 0 Å². The highest BCUT2D eigenvalue weighted by Gasteiger charge is 2.46. The maximum absolute atomic E-state index is 12.0. The minimum atomic E-state index is -0.758. The lowest BCUT2D eigenvalue weighted by Crippen LogP contribution is -2.14. The van der Waals surface area contributed by atoms with Gasteiger partial charge in [0, 0.05) is 11.5 Å². The van der Waals surface area contributed by atoms with E-state index in [2.05, 4.69) is 4.98 Å². The molecule has 2 fully saturated rings. The van der Waals surface area contributed by atoms with Gasteiger partial charge in [-0.2, -0.15) is 0 Å². The molecule has 0 aliphatic heterocycles. The van der Waals surface area contributed by atoms with Gasteiger partial charge in [0.15, 0.2) is 0 Å². The molecule has 5 nitrogen and oxygen atoms in total. The van der Waals surface area contributed by atoms with Gasteiger partial charge in [0.05, 0.1) is 17.5 Å². The molecule has 0 amide bonds. The fourth-order valence-corrected chi connectivity index (χ4v) is 3.16. The Bertz CT molecular complexity index is 763. The molecule has 0 radical (unpaired) electrons. The van der Waals surface area contributed by atoms with Gasteiger partial charge in [0.2, 0.25) is 0 Å². The summed E-state index contributed by atoms with van der Waals surface area (Å²) in [5.41, 5.74) is 2.54. The molecule has 0 atom stereocenters. The summed E-state index contributed by atoms with van der Waals surface area (Å²) in [6.45, 7) is 0. The zero-order valence-corrected chi connectivity index (χ0v) is 11.1. The maximum Gasteiger partial charge on any atom is 0.326 e. The average Bonchev–Trinajstić information content (AvgIpc) is 3.28. The zero-order valence-electron chi connectivity index (χ0n) is 11.1. The van der Waals surface area contributed by atoms with Gasteiger partial charge in [-0.25, -0.2) is 4.79 Å². The lowest BCUT2D eigenvalue weighted by Gasteiger charge is -2.13. The van der Waals surface area contributed by atoms with Crippen LogP contribution >= 0.6 is 0 Å². The van der Waals surface area contributed by atoms with Crippen LogP contribution in [0.2, 0.25) is 0 Å². The Hall–Kier alpha value is -2.04. The van der Waals surface area contributed by atoms with Gasteiger partial charge in [0.1, 0.15) is 0 Å². The molecule has 0 saturated heterocycles. The largest absolute Gasteiger partial charge is 0.481 e. The Morgan fingerprint density at radius 3 is 2.75 bits per heavy atom. The van der Waals surface area contributed by atoms with E-state index >= 15 is 0 Å². The number of carboxylic acids is 1. The fraction of sp³-hybridized carbons (Fsp3) is 0.467. The van der Waals surface area contributed by atoms with E-state index in [0.29, 0.717) is 6.04 Å². The van der Waals surface area contributed by atoms with Crippen LogP contribution in [0.1, 0.15) is 43.7 Å². The highest BCUT2D eigenvalue weighted by molar-refractivity contribution is 5.78. The first-order chi connectivity index (χ1) is 9.59. The first kappa shape index (κ1) is 11.8. The minimum Gasteiger partial charge on any atom is -0.481 e. The number of carboxylic acid groups (broad SMARTS) is 1. The fourth-order valence-electron chi connectivity index (χ4n) is 3.16. The number of aromatic nitrogens is 2. The van der Waals surface area contributed by atoms with Gasteiger partial charge in [-0.3, -0.25) is 9.36 Å². The summed E-state index contributed by atoms with van der Waals surface area (Å²) in [6.07, 6.45) is 4.14. The van der Waals surface area contributed by atoms with Crippen LogP contribution in [-0.4, -0.2) is 20.6 Å². The first-order valence-corrected chi connectivity index (χ1v) is 7.06. The van der Waals surface area contributed by atoms with E-state index in [1.54, 1.807) is 0 Å². The second-order valence-electron chi connectivity index (χ2n) is 6.11. The summed E-state index contributed by atoms with van der Waals surface area (Å²) in [7, 11) is 0. The van der Waals surface area contributed by atoms with Crippen molar-refractivity contribution in [1.82, 2.24) is 9.55 Å². The molecule has 0 unspecified atom stereocenters. The van der Waals surface area contributed by atoms with Crippen LogP contribution in [0.25, 0.3) is 11.0 Å². The number of hydrogen-bond donors (Lipinski definition) is 2. The quantitative estimate of drug-likeness (QED) is 0.895. The van der Waals surface area contributed by atoms with Crippen molar-refractivity contribution in [3.63, 3.8) is 0 Å². The van der Waals surface area contributed by atoms with Crippen LogP contribution in [0, 0.1) is 0 Å². The van der Waals surface area contributed by atoms with Crippen LogP contribution < -0.4 is 5.69 Å². The zero-order chi connectivity index (χ0) is 13.9. The maximum atomic E-state index is 12.0. The molecule has 1 aromatic heterocycles. The number of nitrogens with zero attached hydrogens (tertiary/aromatic N) is 1. The van der Waals surface area contributed by atoms with Gasteiger partial charge >= 0.3 is 11.7 Å². The molecular weight excluding hydrogens is 256 g/mol. The Kier molecular flexibility index (Phi) is 2.20. The van der Waals surface area contributed by atoms with Crippen molar-refractivity contribution >= 4 is 17.0 Å². The van der Waals surface area contributed by atoms with E-state index < -0.39 is 5.97 Å². The van der Waals surface area contributed by atoms with Crippen LogP contribution in [0.4, 0.5) is 0 Å². The van der Waals surface area contributed by atoms with Gasteiger partial charge in [-0.05, 0) is 43.4 Å². The Morgan fingerprint density at radius 1 is 1.40 bits per heavy atom. The van der Waals surface area contributed by atoms with E-state index in [-0.39, 0.29) is 17.5 Å². The normalized spacial score (nSPS) is 20.2. The van der Waals surface area contributed by atoms with E-state index in [1.807, 2.05) is 22.8 Å². The summed E-state index contributed by atoms with van der Waals surface area (Å²) in [4.78, 5) is 25.9. The Labute approximate surface area is 115 Å². The number of fused-ring (bicyclic) bond motifs is 1. The van der Waals surface area contributed by atoms with Crippen molar-refractivity contribution in [2.24, 2.45) is 0 Å². The second-order valence-corrected chi connectivity index (χ2v) is 6.11. The van der Waals surface area contributed by atoms with Crippen molar-refractivity contribution in [2.75, 3.05) is 0 Å². The van der Waals surface area contributed by atoms with Crippen molar-refractivity contribution < 1.29 is 9.90 Å². The molecule has 20 heavy (non-hydrogen) atoms. The molecule has 1 aromatic carbocycles. The first-order valence-electron chi connectivity index (χ1n) is 7.06. The SMILES string of the molecule is O=C(O)CC1(c2ccc3c(c2)[nH]c(=O)n3C2CC2)CC1. The number of imidazole rings is 1. The highest BCUT2D eigenvalue weighted by atomic mass is 16.4. The topological polar surface area (TPSA) is 75.1 Å². The standard InChI is InChI=1S/C15H16N2O3/c18-13(19)8-15(5-6-15)9-1-4-12-11(7-9)16-14(20)17(12)10-2-3-10/h1,4,7,10H,2-3,5-6,8H2,(H,16,20)(H,18,19). The number of carbonyl (C=O) groups is 1. The van der Waals surface area contributed by atoms with Crippen molar-refractivity contribution in [3.05, 3.63) is 34.2 Å². The lowest BCUT2D eigenvalue weighted by atomic mass is 9.92. The molecule has 5 heteroatoms. The predicted octanol–water partition coefficient (Wildman–Crippen LogP) is 2.17.